The van der Waals surface area contributed by atoms with Gasteiger partial charge in [0.2, 0.25) is 0 Å². The van der Waals surface area contributed by atoms with Crippen molar-refractivity contribution in [3.05, 3.63) is 68.4 Å². The molecule has 0 radical (unpaired) electrons. The number of rotatable bonds is 5. The number of hydrogen-bond donors (Lipinski definition) is 2. The summed E-state index contributed by atoms with van der Waals surface area (Å²) in [6.07, 6.45) is 0. The standard InChI is InChI=1S/C15H11BrFN3O5/c16-12-7-10(17)4-5-13(12)25-8-14(21)18-19-15(22)9-2-1-3-11(6-9)20(23)24/h1-7H,8H2,(H,18,21)(H,19,22). The van der Waals surface area contributed by atoms with Gasteiger partial charge in [0.25, 0.3) is 17.5 Å². The minimum atomic E-state index is -0.722. The van der Waals surface area contributed by atoms with Crippen molar-refractivity contribution in [1.29, 1.82) is 0 Å². The molecule has 2 aromatic carbocycles. The van der Waals surface area contributed by atoms with E-state index < -0.39 is 29.2 Å². The van der Waals surface area contributed by atoms with Crippen molar-refractivity contribution in [1.82, 2.24) is 10.9 Å². The van der Waals surface area contributed by atoms with E-state index >= 15 is 0 Å². The van der Waals surface area contributed by atoms with Gasteiger partial charge < -0.3 is 4.74 Å². The highest BCUT2D eigenvalue weighted by atomic mass is 79.9. The van der Waals surface area contributed by atoms with E-state index in [1.807, 2.05) is 0 Å². The average Bonchev–Trinajstić information content (AvgIpc) is 2.59. The molecule has 2 aromatic rings. The van der Waals surface area contributed by atoms with E-state index in [9.17, 15) is 24.1 Å². The third-order valence-corrected chi connectivity index (χ3v) is 3.51. The number of hydrogen-bond acceptors (Lipinski definition) is 5. The van der Waals surface area contributed by atoms with E-state index in [1.54, 1.807) is 0 Å². The summed E-state index contributed by atoms with van der Waals surface area (Å²) in [5, 5.41) is 10.7. The number of benzene rings is 2. The van der Waals surface area contributed by atoms with Gasteiger partial charge in [-0.15, -0.1) is 0 Å². The smallest absolute Gasteiger partial charge is 0.276 e. The van der Waals surface area contributed by atoms with E-state index in [1.165, 1.54) is 36.4 Å². The zero-order valence-corrected chi connectivity index (χ0v) is 14.1. The zero-order chi connectivity index (χ0) is 18.4. The van der Waals surface area contributed by atoms with Crippen molar-refractivity contribution < 1.29 is 23.6 Å². The molecule has 0 aliphatic carbocycles. The van der Waals surface area contributed by atoms with Crippen molar-refractivity contribution in [2.24, 2.45) is 0 Å². The number of nitro groups is 1. The van der Waals surface area contributed by atoms with Gasteiger partial charge in [-0.1, -0.05) is 6.07 Å². The molecule has 25 heavy (non-hydrogen) atoms. The topological polar surface area (TPSA) is 111 Å². The molecule has 0 spiro atoms. The van der Waals surface area contributed by atoms with Gasteiger partial charge in [-0.2, -0.15) is 0 Å². The first-order valence-corrected chi connectivity index (χ1v) is 7.57. The fraction of sp³-hybridized carbons (Fsp3) is 0.0667. The van der Waals surface area contributed by atoms with Crippen LogP contribution in [0.25, 0.3) is 0 Å². The van der Waals surface area contributed by atoms with Crippen molar-refractivity contribution in [2.75, 3.05) is 6.61 Å². The second-order valence-electron chi connectivity index (χ2n) is 4.67. The Labute approximate surface area is 149 Å². The fourth-order valence-electron chi connectivity index (χ4n) is 1.73. The maximum absolute atomic E-state index is 12.9. The predicted octanol–water partition coefficient (Wildman–Crippen LogP) is 2.34. The monoisotopic (exact) mass is 411 g/mol. The highest BCUT2D eigenvalue weighted by Gasteiger charge is 2.12. The summed E-state index contributed by atoms with van der Waals surface area (Å²) in [6, 6.07) is 8.72. The van der Waals surface area contributed by atoms with Crippen LogP contribution in [0.15, 0.2) is 46.9 Å². The molecule has 130 valence electrons. The number of amides is 2. The number of nitrogens with one attached hydrogen (secondary N) is 2. The van der Waals surface area contributed by atoms with Gasteiger partial charge in [0.15, 0.2) is 6.61 Å². The number of carbonyl (C=O) groups excluding carboxylic acids is 2. The molecule has 0 atom stereocenters. The summed E-state index contributed by atoms with van der Waals surface area (Å²) < 4.78 is 18.5. The van der Waals surface area contributed by atoms with Crippen LogP contribution in [0.2, 0.25) is 0 Å². The van der Waals surface area contributed by atoms with Crippen LogP contribution in [-0.4, -0.2) is 23.3 Å². The molecule has 2 rings (SSSR count). The van der Waals surface area contributed by atoms with Crippen molar-refractivity contribution in [3.63, 3.8) is 0 Å². The van der Waals surface area contributed by atoms with Crippen LogP contribution >= 0.6 is 15.9 Å². The third-order valence-electron chi connectivity index (χ3n) is 2.89. The Morgan fingerprint density at radius 3 is 2.64 bits per heavy atom. The molecule has 0 aliphatic rings. The molecule has 0 aliphatic heterocycles. The molecule has 0 saturated heterocycles. The molecular formula is C15H11BrFN3O5. The van der Waals surface area contributed by atoms with Gasteiger partial charge in [-0.05, 0) is 40.2 Å². The molecule has 2 N–H and O–H groups in total. The minimum absolute atomic E-state index is 0.0108. The fourth-order valence-corrected chi connectivity index (χ4v) is 2.20. The molecule has 8 nitrogen and oxygen atoms in total. The quantitative estimate of drug-likeness (QED) is 0.579. The normalized spacial score (nSPS) is 10.0. The van der Waals surface area contributed by atoms with Crippen LogP contribution < -0.4 is 15.6 Å². The second kappa shape index (κ2) is 8.20. The lowest BCUT2D eigenvalue weighted by atomic mass is 10.2. The lowest BCUT2D eigenvalue weighted by molar-refractivity contribution is -0.384. The number of ether oxygens (including phenoxy) is 1. The summed E-state index contributed by atoms with van der Waals surface area (Å²) in [7, 11) is 0. The Balaban J connectivity index is 1.86. The van der Waals surface area contributed by atoms with Gasteiger partial charge in [-0.3, -0.25) is 30.6 Å². The maximum atomic E-state index is 12.9. The van der Waals surface area contributed by atoms with Crippen molar-refractivity contribution >= 4 is 33.4 Å². The number of hydrazine groups is 1. The average molecular weight is 412 g/mol. The molecule has 0 heterocycles. The molecule has 0 bridgehead atoms. The van der Waals surface area contributed by atoms with Crippen LogP contribution in [0.3, 0.4) is 0 Å². The molecule has 0 saturated carbocycles. The summed E-state index contributed by atoms with van der Waals surface area (Å²) in [6.45, 7) is -0.431. The number of non-ortho nitro benzene ring substituents is 1. The first kappa shape index (κ1) is 18.3. The molecule has 0 aromatic heterocycles. The van der Waals surface area contributed by atoms with E-state index in [2.05, 4.69) is 26.8 Å². The highest BCUT2D eigenvalue weighted by Crippen LogP contribution is 2.25. The van der Waals surface area contributed by atoms with E-state index in [4.69, 9.17) is 4.74 Å². The number of nitro benzene ring substituents is 1. The van der Waals surface area contributed by atoms with Gasteiger partial charge >= 0.3 is 0 Å². The zero-order valence-electron chi connectivity index (χ0n) is 12.5. The lowest BCUT2D eigenvalue weighted by Crippen LogP contribution is -2.43. The molecule has 0 fully saturated rings. The lowest BCUT2D eigenvalue weighted by Gasteiger charge is -2.10. The van der Waals surface area contributed by atoms with Gasteiger partial charge in [-0.25, -0.2) is 4.39 Å². The van der Waals surface area contributed by atoms with Gasteiger partial charge in [0, 0.05) is 17.7 Å². The summed E-state index contributed by atoms with van der Waals surface area (Å²) in [5.74, 6) is -1.61. The summed E-state index contributed by atoms with van der Waals surface area (Å²) >= 11 is 3.09. The third kappa shape index (κ3) is 5.24. The summed E-state index contributed by atoms with van der Waals surface area (Å²) in [5.41, 5.74) is 3.98. The number of nitrogens with zero attached hydrogens (tertiary/aromatic N) is 1. The van der Waals surface area contributed by atoms with Crippen LogP contribution in [0.4, 0.5) is 10.1 Å². The summed E-state index contributed by atoms with van der Waals surface area (Å²) in [4.78, 5) is 33.5. The molecule has 2 amide bonds. The minimum Gasteiger partial charge on any atom is -0.483 e. The molecule has 10 heteroatoms. The van der Waals surface area contributed by atoms with Crippen LogP contribution in [0.1, 0.15) is 10.4 Å². The Bertz CT molecular complexity index is 831. The number of halogens is 2. The highest BCUT2D eigenvalue weighted by molar-refractivity contribution is 9.10. The Kier molecular flexibility index (Phi) is 6.01. The largest absolute Gasteiger partial charge is 0.483 e. The van der Waals surface area contributed by atoms with E-state index in [-0.39, 0.29) is 17.0 Å². The first-order chi connectivity index (χ1) is 11.9. The second-order valence-corrected chi connectivity index (χ2v) is 5.53. The predicted molar refractivity (Wildman–Crippen MR) is 88.3 cm³/mol. The van der Waals surface area contributed by atoms with Gasteiger partial charge in [0.05, 0.1) is 9.40 Å². The SMILES string of the molecule is O=C(COc1ccc(F)cc1Br)NNC(=O)c1cccc([N+](=O)[O-])c1. The Morgan fingerprint density at radius 1 is 1.20 bits per heavy atom. The van der Waals surface area contributed by atoms with Crippen LogP contribution in [-0.2, 0) is 4.79 Å². The van der Waals surface area contributed by atoms with Crippen molar-refractivity contribution in [2.45, 2.75) is 0 Å². The van der Waals surface area contributed by atoms with Crippen LogP contribution in [0.5, 0.6) is 5.75 Å². The van der Waals surface area contributed by atoms with Crippen molar-refractivity contribution in [3.8, 4) is 5.75 Å². The number of carbonyl (C=O) groups is 2. The Hall–Kier alpha value is -3.01. The van der Waals surface area contributed by atoms with E-state index in [0.717, 1.165) is 6.07 Å². The first-order valence-electron chi connectivity index (χ1n) is 6.78. The maximum Gasteiger partial charge on any atom is 0.276 e. The Morgan fingerprint density at radius 2 is 1.96 bits per heavy atom. The van der Waals surface area contributed by atoms with Gasteiger partial charge in [0.1, 0.15) is 11.6 Å². The molecular weight excluding hydrogens is 401 g/mol. The molecule has 0 unspecified atom stereocenters. The van der Waals surface area contributed by atoms with Crippen LogP contribution in [0, 0.1) is 15.9 Å². The van der Waals surface area contributed by atoms with E-state index in [0.29, 0.717) is 4.47 Å².